The second kappa shape index (κ2) is 7.36. The molecule has 3 nitrogen and oxygen atoms in total. The van der Waals surface area contributed by atoms with Crippen LogP contribution in [0.5, 0.6) is 0 Å². The molecule has 0 bridgehead atoms. The molecule has 0 radical (unpaired) electrons. The van der Waals surface area contributed by atoms with Crippen molar-refractivity contribution in [2.75, 3.05) is 11.1 Å². The Morgan fingerprint density at radius 1 is 1.18 bits per heavy atom. The van der Waals surface area contributed by atoms with Gasteiger partial charge in [-0.15, -0.1) is 11.8 Å². The molecular formula is C18H22N2OS. The average Bonchev–Trinajstić information content (AvgIpc) is 2.48. The summed E-state index contributed by atoms with van der Waals surface area (Å²) in [5, 5.41) is 2.94. The number of nitrogens with two attached hydrogens (primary N) is 1. The summed E-state index contributed by atoms with van der Waals surface area (Å²) in [6, 6.07) is 13.7. The van der Waals surface area contributed by atoms with Gasteiger partial charge in [-0.1, -0.05) is 31.2 Å². The highest BCUT2D eigenvalue weighted by atomic mass is 32.2. The fourth-order valence-electron chi connectivity index (χ4n) is 2.29. The fraction of sp³-hybridized carbons (Fsp3) is 0.278. The fourth-order valence-corrected chi connectivity index (χ4v) is 3.31. The normalized spacial score (nSPS) is 12.0. The lowest BCUT2D eigenvalue weighted by atomic mass is 10.1. The molecule has 0 fully saturated rings. The summed E-state index contributed by atoms with van der Waals surface area (Å²) >= 11 is 1.55. The molecule has 0 aliphatic heterocycles. The van der Waals surface area contributed by atoms with Gasteiger partial charge in [-0.2, -0.15) is 0 Å². The molecule has 2 aromatic rings. The maximum absolute atomic E-state index is 12.6. The number of carbonyl (C=O) groups excluding carboxylic acids is 1. The Kier molecular flexibility index (Phi) is 5.50. The summed E-state index contributed by atoms with van der Waals surface area (Å²) in [4.78, 5) is 13.6. The molecule has 2 aromatic carbocycles. The topological polar surface area (TPSA) is 55.1 Å². The van der Waals surface area contributed by atoms with Crippen LogP contribution in [0.15, 0.2) is 47.4 Å². The van der Waals surface area contributed by atoms with E-state index < -0.39 is 0 Å². The smallest absolute Gasteiger partial charge is 0.237 e. The summed E-state index contributed by atoms with van der Waals surface area (Å²) in [6.45, 7) is 6.04. The SMILES string of the molecule is CCC(Sc1cccc(N)c1)C(=O)Nc1c(C)cccc1C. The number of rotatable bonds is 5. The van der Waals surface area contributed by atoms with E-state index >= 15 is 0 Å². The molecule has 0 aliphatic carbocycles. The molecule has 0 spiro atoms. The van der Waals surface area contributed by atoms with Gasteiger partial charge in [0.2, 0.25) is 5.91 Å². The lowest BCUT2D eigenvalue weighted by Crippen LogP contribution is -2.25. The predicted octanol–water partition coefficient (Wildman–Crippen LogP) is 4.40. The minimum Gasteiger partial charge on any atom is -0.399 e. The van der Waals surface area contributed by atoms with Crippen molar-refractivity contribution in [1.29, 1.82) is 0 Å². The molecular weight excluding hydrogens is 292 g/mol. The Hall–Kier alpha value is -1.94. The molecule has 0 saturated carbocycles. The molecule has 4 heteroatoms. The van der Waals surface area contributed by atoms with Gasteiger partial charge in [0.15, 0.2) is 0 Å². The zero-order valence-electron chi connectivity index (χ0n) is 13.2. The van der Waals surface area contributed by atoms with E-state index in [1.54, 1.807) is 11.8 Å². The van der Waals surface area contributed by atoms with Gasteiger partial charge in [0.25, 0.3) is 0 Å². The van der Waals surface area contributed by atoms with Crippen LogP contribution in [0, 0.1) is 13.8 Å². The first-order valence-electron chi connectivity index (χ1n) is 7.40. The van der Waals surface area contributed by atoms with Crippen molar-refractivity contribution in [3.63, 3.8) is 0 Å². The quantitative estimate of drug-likeness (QED) is 0.635. The molecule has 0 aliphatic rings. The van der Waals surface area contributed by atoms with Crippen molar-refractivity contribution >= 4 is 29.0 Å². The molecule has 1 amide bonds. The molecule has 0 saturated heterocycles. The van der Waals surface area contributed by atoms with Gasteiger partial charge in [-0.05, 0) is 49.6 Å². The van der Waals surface area contributed by atoms with Gasteiger partial charge < -0.3 is 11.1 Å². The number of nitrogen functional groups attached to an aromatic ring is 1. The number of carbonyl (C=O) groups is 1. The minimum atomic E-state index is -0.138. The van der Waals surface area contributed by atoms with E-state index in [9.17, 15) is 4.79 Å². The highest BCUT2D eigenvalue weighted by molar-refractivity contribution is 8.00. The largest absolute Gasteiger partial charge is 0.399 e. The van der Waals surface area contributed by atoms with Gasteiger partial charge in [-0.25, -0.2) is 0 Å². The molecule has 1 unspecified atom stereocenters. The zero-order valence-corrected chi connectivity index (χ0v) is 14.0. The third-order valence-corrected chi connectivity index (χ3v) is 4.89. The maximum atomic E-state index is 12.6. The first-order chi connectivity index (χ1) is 10.5. The molecule has 1 atom stereocenters. The number of hydrogen-bond acceptors (Lipinski definition) is 3. The van der Waals surface area contributed by atoms with Crippen LogP contribution in [0.25, 0.3) is 0 Å². The van der Waals surface area contributed by atoms with Crippen LogP contribution < -0.4 is 11.1 Å². The maximum Gasteiger partial charge on any atom is 0.237 e. The van der Waals surface area contributed by atoms with E-state index in [0.29, 0.717) is 0 Å². The molecule has 0 aromatic heterocycles. The lowest BCUT2D eigenvalue weighted by molar-refractivity contribution is -0.115. The van der Waals surface area contributed by atoms with Crippen LogP contribution in [0.1, 0.15) is 24.5 Å². The van der Waals surface area contributed by atoms with Gasteiger partial charge >= 0.3 is 0 Å². The predicted molar refractivity (Wildman–Crippen MR) is 95.3 cm³/mol. The van der Waals surface area contributed by atoms with E-state index in [1.165, 1.54) is 0 Å². The van der Waals surface area contributed by atoms with E-state index in [4.69, 9.17) is 5.73 Å². The van der Waals surface area contributed by atoms with Crippen LogP contribution >= 0.6 is 11.8 Å². The Bertz CT molecular complexity index is 650. The summed E-state index contributed by atoms with van der Waals surface area (Å²) in [5.41, 5.74) is 9.60. The molecule has 22 heavy (non-hydrogen) atoms. The van der Waals surface area contributed by atoms with Crippen LogP contribution in [0.2, 0.25) is 0 Å². The van der Waals surface area contributed by atoms with Crippen molar-refractivity contribution < 1.29 is 4.79 Å². The van der Waals surface area contributed by atoms with Gasteiger partial charge in [0.1, 0.15) is 0 Å². The standard InChI is InChI=1S/C18H22N2OS/c1-4-16(22-15-10-6-9-14(19)11-15)18(21)20-17-12(2)7-5-8-13(17)3/h5-11,16H,4,19H2,1-3H3,(H,20,21). The number of hydrogen-bond donors (Lipinski definition) is 2. The van der Waals surface area contributed by atoms with Crippen molar-refractivity contribution in [2.24, 2.45) is 0 Å². The number of thioether (sulfide) groups is 1. The Balaban J connectivity index is 2.12. The number of para-hydroxylation sites is 1. The number of aryl methyl sites for hydroxylation is 2. The van der Waals surface area contributed by atoms with Gasteiger partial charge in [0.05, 0.1) is 5.25 Å². The average molecular weight is 314 g/mol. The zero-order chi connectivity index (χ0) is 16.1. The van der Waals surface area contributed by atoms with Crippen molar-refractivity contribution in [3.8, 4) is 0 Å². The summed E-state index contributed by atoms with van der Waals surface area (Å²) in [6.07, 6.45) is 0.760. The summed E-state index contributed by atoms with van der Waals surface area (Å²) in [5.74, 6) is 0.0346. The molecule has 116 valence electrons. The lowest BCUT2D eigenvalue weighted by Gasteiger charge is -2.17. The molecule has 0 heterocycles. The number of nitrogens with one attached hydrogen (secondary N) is 1. The van der Waals surface area contributed by atoms with Crippen LogP contribution in [0.4, 0.5) is 11.4 Å². The van der Waals surface area contributed by atoms with E-state index in [1.807, 2.05) is 63.2 Å². The summed E-state index contributed by atoms with van der Waals surface area (Å²) < 4.78 is 0. The van der Waals surface area contributed by atoms with E-state index in [-0.39, 0.29) is 11.2 Å². The minimum absolute atomic E-state index is 0.0346. The Morgan fingerprint density at radius 2 is 1.82 bits per heavy atom. The van der Waals surface area contributed by atoms with Crippen LogP contribution in [0.3, 0.4) is 0 Å². The van der Waals surface area contributed by atoms with Crippen LogP contribution in [-0.4, -0.2) is 11.2 Å². The number of benzene rings is 2. The third-order valence-electron chi connectivity index (χ3n) is 3.53. The number of anilines is 2. The Morgan fingerprint density at radius 3 is 2.41 bits per heavy atom. The second-order valence-corrected chi connectivity index (χ2v) is 6.62. The third kappa shape index (κ3) is 4.04. The highest BCUT2D eigenvalue weighted by Gasteiger charge is 2.19. The monoisotopic (exact) mass is 314 g/mol. The van der Waals surface area contributed by atoms with Crippen LogP contribution in [-0.2, 0) is 4.79 Å². The van der Waals surface area contributed by atoms with Crippen molar-refractivity contribution in [1.82, 2.24) is 0 Å². The van der Waals surface area contributed by atoms with Gasteiger partial charge in [-0.3, -0.25) is 4.79 Å². The Labute approximate surface area is 136 Å². The van der Waals surface area contributed by atoms with E-state index in [0.717, 1.165) is 33.8 Å². The number of amides is 1. The van der Waals surface area contributed by atoms with E-state index in [2.05, 4.69) is 5.32 Å². The van der Waals surface area contributed by atoms with Gasteiger partial charge in [0, 0.05) is 16.3 Å². The summed E-state index contributed by atoms with van der Waals surface area (Å²) in [7, 11) is 0. The molecule has 3 N–H and O–H groups in total. The first kappa shape index (κ1) is 16.4. The molecule has 2 rings (SSSR count). The van der Waals surface area contributed by atoms with Crippen molar-refractivity contribution in [2.45, 2.75) is 37.3 Å². The highest BCUT2D eigenvalue weighted by Crippen LogP contribution is 2.28. The van der Waals surface area contributed by atoms with Crippen molar-refractivity contribution in [3.05, 3.63) is 53.6 Å². The second-order valence-electron chi connectivity index (χ2n) is 5.34. The first-order valence-corrected chi connectivity index (χ1v) is 8.28.